The van der Waals surface area contributed by atoms with E-state index < -0.39 is 0 Å². The summed E-state index contributed by atoms with van der Waals surface area (Å²) in [6.45, 7) is 5.00. The molecule has 0 radical (unpaired) electrons. The summed E-state index contributed by atoms with van der Waals surface area (Å²) in [7, 11) is 0. The van der Waals surface area contributed by atoms with Gasteiger partial charge in [-0.1, -0.05) is 36.4 Å². The molecule has 1 aliphatic rings. The second-order valence-corrected chi connectivity index (χ2v) is 7.77. The quantitative estimate of drug-likeness (QED) is 0.715. The van der Waals surface area contributed by atoms with Gasteiger partial charge in [0.25, 0.3) is 5.91 Å². The van der Waals surface area contributed by atoms with E-state index in [0.29, 0.717) is 25.9 Å². The van der Waals surface area contributed by atoms with Gasteiger partial charge in [0.15, 0.2) is 0 Å². The highest BCUT2D eigenvalue weighted by molar-refractivity contribution is 6.07. The maximum Gasteiger partial charge on any atom is 0.254 e. The van der Waals surface area contributed by atoms with Crippen molar-refractivity contribution in [2.24, 2.45) is 5.92 Å². The van der Waals surface area contributed by atoms with Crippen LogP contribution in [0.15, 0.2) is 59.0 Å². The second kappa shape index (κ2) is 8.11. The minimum atomic E-state index is -0.161. The average Bonchev–Trinajstić information content (AvgIpc) is 3.19. The molecule has 1 fully saturated rings. The van der Waals surface area contributed by atoms with Crippen molar-refractivity contribution in [3.63, 3.8) is 0 Å². The molecule has 1 aromatic heterocycles. The van der Waals surface area contributed by atoms with E-state index in [2.05, 4.69) is 5.32 Å². The number of likely N-dealkylation sites (tertiary alicyclic amines) is 1. The van der Waals surface area contributed by atoms with Crippen molar-refractivity contribution < 1.29 is 14.0 Å². The zero-order valence-corrected chi connectivity index (χ0v) is 16.9. The van der Waals surface area contributed by atoms with Crippen molar-refractivity contribution in [2.45, 2.75) is 32.7 Å². The number of carbonyl (C=O) groups is 2. The third kappa shape index (κ3) is 4.04. The molecular weight excluding hydrogens is 364 g/mol. The molecule has 1 atom stereocenters. The number of hydrogen-bond donors (Lipinski definition) is 1. The van der Waals surface area contributed by atoms with Crippen LogP contribution in [0.25, 0.3) is 10.8 Å². The Kier molecular flexibility index (Phi) is 5.38. The van der Waals surface area contributed by atoms with Crippen LogP contribution in [-0.4, -0.2) is 29.8 Å². The predicted octanol–water partition coefficient (Wildman–Crippen LogP) is 4.47. The highest BCUT2D eigenvalue weighted by atomic mass is 16.3. The average molecular weight is 390 g/mol. The smallest absolute Gasteiger partial charge is 0.254 e. The topological polar surface area (TPSA) is 62.6 Å². The Bertz CT molecular complexity index is 1030. The van der Waals surface area contributed by atoms with E-state index in [1.165, 1.54) is 0 Å². The Morgan fingerprint density at radius 3 is 2.48 bits per heavy atom. The molecule has 0 saturated carbocycles. The third-order valence-electron chi connectivity index (χ3n) is 5.72. The molecule has 150 valence electrons. The molecule has 1 unspecified atom stereocenters. The summed E-state index contributed by atoms with van der Waals surface area (Å²) in [6.07, 6.45) is 1.35. The highest BCUT2D eigenvalue weighted by Crippen LogP contribution is 2.24. The molecule has 2 amide bonds. The fourth-order valence-electron chi connectivity index (χ4n) is 4.02. The van der Waals surface area contributed by atoms with E-state index in [0.717, 1.165) is 27.9 Å². The number of hydrogen-bond acceptors (Lipinski definition) is 3. The molecule has 2 aromatic carbocycles. The number of furan rings is 1. The van der Waals surface area contributed by atoms with Crippen molar-refractivity contribution >= 4 is 22.6 Å². The van der Waals surface area contributed by atoms with Crippen LogP contribution in [0.2, 0.25) is 0 Å². The Morgan fingerprint density at radius 1 is 1.03 bits per heavy atom. The van der Waals surface area contributed by atoms with Gasteiger partial charge >= 0.3 is 0 Å². The molecular formula is C24H26N2O3. The molecule has 0 spiro atoms. The van der Waals surface area contributed by atoms with Gasteiger partial charge in [-0.05, 0) is 55.7 Å². The molecule has 29 heavy (non-hydrogen) atoms. The first-order chi connectivity index (χ1) is 14.0. The normalized spacial score (nSPS) is 16.0. The van der Waals surface area contributed by atoms with Crippen LogP contribution in [-0.2, 0) is 4.79 Å². The van der Waals surface area contributed by atoms with Gasteiger partial charge < -0.3 is 14.6 Å². The van der Waals surface area contributed by atoms with E-state index in [-0.39, 0.29) is 23.8 Å². The number of nitrogens with zero attached hydrogens (tertiary/aromatic N) is 1. The Balaban J connectivity index is 1.37. The molecule has 5 nitrogen and oxygen atoms in total. The predicted molar refractivity (Wildman–Crippen MR) is 113 cm³/mol. The first-order valence-electron chi connectivity index (χ1n) is 10.2. The van der Waals surface area contributed by atoms with Gasteiger partial charge in [0.05, 0.1) is 6.04 Å². The van der Waals surface area contributed by atoms with E-state index in [1.54, 1.807) is 0 Å². The molecule has 1 saturated heterocycles. The van der Waals surface area contributed by atoms with Gasteiger partial charge in [-0.3, -0.25) is 9.59 Å². The van der Waals surface area contributed by atoms with Gasteiger partial charge in [0.2, 0.25) is 5.91 Å². The Labute approximate surface area is 170 Å². The number of nitrogens with one attached hydrogen (secondary N) is 1. The van der Waals surface area contributed by atoms with Gasteiger partial charge in [0.1, 0.15) is 11.5 Å². The minimum absolute atomic E-state index is 0.0313. The van der Waals surface area contributed by atoms with Crippen LogP contribution in [0.3, 0.4) is 0 Å². The van der Waals surface area contributed by atoms with Crippen molar-refractivity contribution in [3.05, 3.63) is 71.7 Å². The Morgan fingerprint density at radius 2 is 1.76 bits per heavy atom. The SMILES string of the molecule is Cc1ccc(C(C)NC(=O)C2CCN(C(=O)c3cccc4ccccc34)CC2)o1. The lowest BCUT2D eigenvalue weighted by Gasteiger charge is -2.32. The fourth-order valence-corrected chi connectivity index (χ4v) is 4.02. The van der Waals surface area contributed by atoms with Crippen molar-refractivity contribution in [3.8, 4) is 0 Å². The summed E-state index contributed by atoms with van der Waals surface area (Å²) in [5.41, 5.74) is 0.729. The lowest BCUT2D eigenvalue weighted by molar-refractivity contribution is -0.127. The van der Waals surface area contributed by atoms with Crippen LogP contribution >= 0.6 is 0 Å². The van der Waals surface area contributed by atoms with Crippen LogP contribution in [0.5, 0.6) is 0 Å². The van der Waals surface area contributed by atoms with Gasteiger partial charge in [-0.15, -0.1) is 0 Å². The number of amides is 2. The summed E-state index contributed by atoms with van der Waals surface area (Å²) in [6, 6.07) is 17.4. The van der Waals surface area contributed by atoms with E-state index in [1.807, 2.05) is 73.3 Å². The van der Waals surface area contributed by atoms with Crippen LogP contribution in [0.1, 0.15) is 47.7 Å². The molecule has 2 heterocycles. The molecule has 0 aliphatic carbocycles. The maximum absolute atomic E-state index is 13.1. The summed E-state index contributed by atoms with van der Waals surface area (Å²) >= 11 is 0. The monoisotopic (exact) mass is 390 g/mol. The van der Waals surface area contributed by atoms with Crippen LogP contribution in [0, 0.1) is 12.8 Å². The summed E-state index contributed by atoms with van der Waals surface area (Å²) in [5, 5.41) is 5.08. The number of benzene rings is 2. The van der Waals surface area contributed by atoms with E-state index in [4.69, 9.17) is 4.42 Å². The zero-order chi connectivity index (χ0) is 20.4. The number of carbonyl (C=O) groups excluding carboxylic acids is 2. The molecule has 1 aliphatic heterocycles. The molecule has 0 bridgehead atoms. The number of aryl methyl sites for hydroxylation is 1. The molecule has 1 N–H and O–H groups in total. The fraction of sp³-hybridized carbons (Fsp3) is 0.333. The zero-order valence-electron chi connectivity index (χ0n) is 16.9. The summed E-state index contributed by atoms with van der Waals surface area (Å²) in [4.78, 5) is 27.6. The minimum Gasteiger partial charge on any atom is -0.464 e. The van der Waals surface area contributed by atoms with Crippen LogP contribution in [0.4, 0.5) is 0 Å². The van der Waals surface area contributed by atoms with Gasteiger partial charge in [0, 0.05) is 24.6 Å². The standard InChI is InChI=1S/C24H26N2O3/c1-16-10-11-22(29-16)17(2)25-23(27)19-12-14-26(15-13-19)24(28)21-9-5-7-18-6-3-4-8-20(18)21/h3-11,17,19H,12-15H2,1-2H3,(H,25,27). The summed E-state index contributed by atoms with van der Waals surface area (Å²) < 4.78 is 5.60. The van der Waals surface area contributed by atoms with Crippen molar-refractivity contribution in [2.75, 3.05) is 13.1 Å². The second-order valence-electron chi connectivity index (χ2n) is 7.77. The van der Waals surface area contributed by atoms with Crippen LogP contribution < -0.4 is 5.32 Å². The van der Waals surface area contributed by atoms with E-state index in [9.17, 15) is 9.59 Å². The number of piperidine rings is 1. The van der Waals surface area contributed by atoms with Crippen molar-refractivity contribution in [1.29, 1.82) is 0 Å². The number of rotatable bonds is 4. The maximum atomic E-state index is 13.1. The number of fused-ring (bicyclic) bond motifs is 1. The molecule has 5 heteroatoms. The Hall–Kier alpha value is -3.08. The lowest BCUT2D eigenvalue weighted by Crippen LogP contribution is -2.43. The van der Waals surface area contributed by atoms with Gasteiger partial charge in [-0.25, -0.2) is 0 Å². The highest BCUT2D eigenvalue weighted by Gasteiger charge is 2.29. The third-order valence-corrected chi connectivity index (χ3v) is 5.72. The largest absolute Gasteiger partial charge is 0.464 e. The first-order valence-corrected chi connectivity index (χ1v) is 10.2. The first kappa shape index (κ1) is 19.2. The van der Waals surface area contributed by atoms with Gasteiger partial charge in [-0.2, -0.15) is 0 Å². The lowest BCUT2D eigenvalue weighted by atomic mass is 9.94. The molecule has 4 rings (SSSR count). The summed E-state index contributed by atoms with van der Waals surface area (Å²) in [5.74, 6) is 1.59. The van der Waals surface area contributed by atoms with E-state index >= 15 is 0 Å². The molecule has 3 aromatic rings. The van der Waals surface area contributed by atoms with Crippen molar-refractivity contribution in [1.82, 2.24) is 10.2 Å².